The average molecular weight is 290 g/mol. The minimum absolute atomic E-state index is 0.0253. The second kappa shape index (κ2) is 5.45. The van der Waals surface area contributed by atoms with Gasteiger partial charge in [-0.1, -0.05) is 0 Å². The Bertz CT molecular complexity index is 733. The van der Waals surface area contributed by atoms with E-state index < -0.39 is 17.6 Å². The molecule has 8 heteroatoms. The van der Waals surface area contributed by atoms with Gasteiger partial charge in [-0.3, -0.25) is 9.59 Å². The van der Waals surface area contributed by atoms with Gasteiger partial charge in [0.25, 0.3) is 11.8 Å². The summed E-state index contributed by atoms with van der Waals surface area (Å²) in [5.74, 6) is -2.64. The topological polar surface area (TPSA) is 134 Å². The number of amides is 2. The Morgan fingerprint density at radius 1 is 1.10 bits per heavy atom. The number of ether oxygens (including phenoxy) is 1. The van der Waals surface area contributed by atoms with Crippen LogP contribution in [-0.4, -0.2) is 16.8 Å². The summed E-state index contributed by atoms with van der Waals surface area (Å²) in [5.41, 5.74) is 15.6. The molecule has 21 heavy (non-hydrogen) atoms. The third-order valence-corrected chi connectivity index (χ3v) is 2.56. The number of anilines is 1. The van der Waals surface area contributed by atoms with Crippen LogP contribution >= 0.6 is 0 Å². The van der Waals surface area contributed by atoms with E-state index in [-0.39, 0.29) is 28.4 Å². The molecular weight excluding hydrogens is 279 g/mol. The molecule has 1 aromatic heterocycles. The summed E-state index contributed by atoms with van der Waals surface area (Å²) in [4.78, 5) is 26.0. The Hall–Kier alpha value is -3.16. The fraction of sp³-hybridized carbons (Fsp3) is 0. The zero-order valence-electron chi connectivity index (χ0n) is 10.7. The van der Waals surface area contributed by atoms with Crippen molar-refractivity contribution >= 4 is 17.5 Å². The maximum Gasteiger partial charge on any atom is 0.254 e. The SMILES string of the molecule is NC(=O)c1ccc(Oc2ncc(N)cc2C(N)=O)cc1F. The fourth-order valence-electron chi connectivity index (χ4n) is 1.60. The van der Waals surface area contributed by atoms with Gasteiger partial charge in [0.2, 0.25) is 5.88 Å². The van der Waals surface area contributed by atoms with Crippen LogP contribution in [0.3, 0.4) is 0 Å². The first kappa shape index (κ1) is 14.3. The zero-order valence-corrected chi connectivity index (χ0v) is 10.7. The van der Waals surface area contributed by atoms with E-state index in [2.05, 4.69) is 4.98 Å². The molecule has 0 bridgehead atoms. The monoisotopic (exact) mass is 290 g/mol. The van der Waals surface area contributed by atoms with E-state index in [9.17, 15) is 14.0 Å². The highest BCUT2D eigenvalue weighted by Gasteiger charge is 2.14. The second-order valence-electron chi connectivity index (χ2n) is 4.09. The number of nitrogens with zero attached hydrogens (tertiary/aromatic N) is 1. The molecular formula is C13H11FN4O3. The predicted octanol–water partition coefficient (Wildman–Crippen LogP) is 0.793. The Kier molecular flexibility index (Phi) is 3.70. The van der Waals surface area contributed by atoms with Crippen LogP contribution in [0.1, 0.15) is 20.7 Å². The average Bonchev–Trinajstić information content (AvgIpc) is 2.40. The summed E-state index contributed by atoms with van der Waals surface area (Å²) in [5, 5.41) is 0. The van der Waals surface area contributed by atoms with Crippen LogP contribution in [0.5, 0.6) is 11.6 Å². The lowest BCUT2D eigenvalue weighted by Crippen LogP contribution is -2.14. The molecule has 6 N–H and O–H groups in total. The Morgan fingerprint density at radius 2 is 1.76 bits per heavy atom. The van der Waals surface area contributed by atoms with Gasteiger partial charge in [0.1, 0.15) is 17.1 Å². The molecule has 108 valence electrons. The van der Waals surface area contributed by atoms with Crippen molar-refractivity contribution in [3.05, 3.63) is 47.4 Å². The third kappa shape index (κ3) is 3.06. The van der Waals surface area contributed by atoms with Crippen LogP contribution in [0, 0.1) is 5.82 Å². The minimum atomic E-state index is -0.900. The molecule has 0 saturated heterocycles. The molecule has 0 atom stereocenters. The summed E-state index contributed by atoms with van der Waals surface area (Å²) >= 11 is 0. The van der Waals surface area contributed by atoms with E-state index in [1.807, 2.05) is 0 Å². The predicted molar refractivity (Wildman–Crippen MR) is 72.2 cm³/mol. The lowest BCUT2D eigenvalue weighted by Gasteiger charge is -2.09. The number of benzene rings is 1. The van der Waals surface area contributed by atoms with Gasteiger partial charge >= 0.3 is 0 Å². The summed E-state index contributed by atoms with van der Waals surface area (Å²) in [7, 11) is 0. The van der Waals surface area contributed by atoms with Crippen LogP contribution in [0.25, 0.3) is 0 Å². The molecule has 1 aromatic carbocycles. The molecule has 7 nitrogen and oxygen atoms in total. The van der Waals surface area contributed by atoms with E-state index in [1.165, 1.54) is 18.3 Å². The van der Waals surface area contributed by atoms with Gasteiger partial charge < -0.3 is 21.9 Å². The molecule has 0 saturated carbocycles. The highest BCUT2D eigenvalue weighted by molar-refractivity contribution is 5.96. The van der Waals surface area contributed by atoms with Crippen molar-refractivity contribution in [2.45, 2.75) is 0 Å². The molecule has 2 amide bonds. The van der Waals surface area contributed by atoms with E-state index in [1.54, 1.807) is 0 Å². The van der Waals surface area contributed by atoms with Crippen LogP contribution in [-0.2, 0) is 0 Å². The lowest BCUT2D eigenvalue weighted by atomic mass is 10.2. The number of carbonyl (C=O) groups is 2. The Labute approximate surface area is 118 Å². The highest BCUT2D eigenvalue weighted by atomic mass is 19.1. The number of halogens is 1. The maximum atomic E-state index is 13.6. The first-order chi connectivity index (χ1) is 9.88. The highest BCUT2D eigenvalue weighted by Crippen LogP contribution is 2.25. The van der Waals surface area contributed by atoms with Gasteiger partial charge in [-0.2, -0.15) is 0 Å². The molecule has 0 fully saturated rings. The number of hydrogen-bond acceptors (Lipinski definition) is 5. The number of rotatable bonds is 4. The molecule has 2 rings (SSSR count). The third-order valence-electron chi connectivity index (χ3n) is 2.56. The second-order valence-corrected chi connectivity index (χ2v) is 4.09. The Morgan fingerprint density at radius 3 is 2.33 bits per heavy atom. The zero-order chi connectivity index (χ0) is 15.6. The van der Waals surface area contributed by atoms with Gasteiger partial charge in [-0.05, 0) is 18.2 Å². The molecule has 0 unspecified atom stereocenters. The number of pyridine rings is 1. The molecule has 2 aromatic rings. The van der Waals surface area contributed by atoms with E-state index in [0.29, 0.717) is 0 Å². The standard InChI is InChI=1S/C13H11FN4O3/c14-10-4-7(1-2-8(10)11(16)19)21-13-9(12(17)20)3-6(15)5-18-13/h1-5H,15H2,(H2,16,19)(H2,17,20). The van der Waals surface area contributed by atoms with Crippen LogP contribution in [0.4, 0.5) is 10.1 Å². The molecule has 1 heterocycles. The van der Waals surface area contributed by atoms with Gasteiger partial charge in [-0.25, -0.2) is 9.37 Å². The van der Waals surface area contributed by atoms with E-state index in [4.69, 9.17) is 21.9 Å². The van der Waals surface area contributed by atoms with Crippen molar-refractivity contribution in [1.82, 2.24) is 4.98 Å². The number of carbonyl (C=O) groups excluding carboxylic acids is 2. The maximum absolute atomic E-state index is 13.6. The van der Waals surface area contributed by atoms with Crippen molar-refractivity contribution in [2.75, 3.05) is 5.73 Å². The van der Waals surface area contributed by atoms with Crippen LogP contribution in [0.15, 0.2) is 30.5 Å². The Balaban J connectivity index is 2.37. The summed E-state index contributed by atoms with van der Waals surface area (Å²) in [6.45, 7) is 0. The fourth-order valence-corrected chi connectivity index (χ4v) is 1.60. The summed E-state index contributed by atoms with van der Waals surface area (Å²) in [6, 6.07) is 4.71. The van der Waals surface area contributed by atoms with Crippen molar-refractivity contribution < 1.29 is 18.7 Å². The first-order valence-electron chi connectivity index (χ1n) is 5.71. The first-order valence-corrected chi connectivity index (χ1v) is 5.71. The summed E-state index contributed by atoms with van der Waals surface area (Å²) in [6.07, 6.45) is 1.26. The van der Waals surface area contributed by atoms with Crippen molar-refractivity contribution in [3.63, 3.8) is 0 Å². The largest absolute Gasteiger partial charge is 0.438 e. The van der Waals surface area contributed by atoms with Gasteiger partial charge in [0.05, 0.1) is 17.4 Å². The lowest BCUT2D eigenvalue weighted by molar-refractivity contribution is 0.0989. The minimum Gasteiger partial charge on any atom is -0.438 e. The smallest absolute Gasteiger partial charge is 0.254 e. The number of nitrogens with two attached hydrogens (primary N) is 3. The number of primary amides is 2. The van der Waals surface area contributed by atoms with Crippen molar-refractivity contribution in [2.24, 2.45) is 11.5 Å². The summed E-state index contributed by atoms with van der Waals surface area (Å²) < 4.78 is 18.9. The molecule has 0 aliphatic heterocycles. The number of aromatic nitrogens is 1. The normalized spacial score (nSPS) is 10.1. The molecule has 0 aliphatic rings. The molecule has 0 radical (unpaired) electrons. The van der Waals surface area contributed by atoms with Crippen LogP contribution < -0.4 is 21.9 Å². The molecule has 0 aliphatic carbocycles. The van der Waals surface area contributed by atoms with Gasteiger partial charge in [0.15, 0.2) is 0 Å². The number of hydrogen-bond donors (Lipinski definition) is 3. The van der Waals surface area contributed by atoms with E-state index >= 15 is 0 Å². The van der Waals surface area contributed by atoms with E-state index in [0.717, 1.165) is 12.1 Å². The van der Waals surface area contributed by atoms with Gasteiger partial charge in [0, 0.05) is 6.07 Å². The quantitative estimate of drug-likeness (QED) is 0.765. The number of nitrogen functional groups attached to an aromatic ring is 1. The van der Waals surface area contributed by atoms with Crippen LogP contribution in [0.2, 0.25) is 0 Å². The van der Waals surface area contributed by atoms with Crippen molar-refractivity contribution in [3.8, 4) is 11.6 Å². The molecule has 0 spiro atoms. The van der Waals surface area contributed by atoms with Gasteiger partial charge in [-0.15, -0.1) is 0 Å². The van der Waals surface area contributed by atoms with Crippen molar-refractivity contribution in [1.29, 1.82) is 0 Å².